The number of anilines is 1. The number of ether oxygens (including phenoxy) is 4. The number of aliphatic hydroxyl groups is 1. The lowest BCUT2D eigenvalue weighted by Crippen LogP contribution is -2.29. The highest BCUT2D eigenvalue weighted by molar-refractivity contribution is 7.22. The number of rotatable bonds is 8. The number of carbonyl (C=O) groups is 2. The molecule has 0 radical (unpaired) electrons. The number of methoxy groups -OCH3 is 3. The first kappa shape index (κ1) is 26.9. The van der Waals surface area contributed by atoms with Crippen molar-refractivity contribution >= 4 is 44.1 Å². The molecule has 0 unspecified atom stereocenters. The quantitative estimate of drug-likeness (QED) is 0.170. The minimum Gasteiger partial charge on any atom is -0.507 e. The van der Waals surface area contributed by atoms with Crippen molar-refractivity contribution in [3.63, 3.8) is 0 Å². The van der Waals surface area contributed by atoms with E-state index in [0.29, 0.717) is 39.4 Å². The Morgan fingerprint density at radius 2 is 1.68 bits per heavy atom. The zero-order valence-corrected chi connectivity index (χ0v) is 22.9. The van der Waals surface area contributed by atoms with E-state index in [4.69, 9.17) is 18.9 Å². The normalized spacial score (nSPS) is 16.4. The molecule has 1 fully saturated rings. The Morgan fingerprint density at radius 3 is 2.27 bits per heavy atom. The van der Waals surface area contributed by atoms with E-state index in [9.17, 15) is 19.1 Å². The molecule has 5 rings (SSSR count). The number of hydrogen-bond acceptors (Lipinski definition) is 9. The van der Waals surface area contributed by atoms with E-state index in [-0.39, 0.29) is 28.0 Å². The van der Waals surface area contributed by atoms with Crippen molar-refractivity contribution in [3.05, 3.63) is 77.1 Å². The predicted molar refractivity (Wildman–Crippen MR) is 148 cm³/mol. The largest absolute Gasteiger partial charge is 0.507 e. The molecule has 0 bridgehead atoms. The number of carbonyl (C=O) groups excluding carboxylic acids is 2. The van der Waals surface area contributed by atoms with Gasteiger partial charge in [-0.2, -0.15) is 0 Å². The van der Waals surface area contributed by atoms with Crippen LogP contribution in [0.25, 0.3) is 16.0 Å². The Kier molecular flexibility index (Phi) is 7.31. The summed E-state index contributed by atoms with van der Waals surface area (Å²) in [5, 5.41) is 11.6. The van der Waals surface area contributed by atoms with E-state index in [2.05, 4.69) is 4.98 Å². The number of benzene rings is 3. The monoisotopic (exact) mass is 564 g/mol. The average Bonchev–Trinajstić information content (AvgIpc) is 3.49. The summed E-state index contributed by atoms with van der Waals surface area (Å²) in [4.78, 5) is 32.8. The average molecular weight is 565 g/mol. The Balaban J connectivity index is 1.75. The van der Waals surface area contributed by atoms with Crippen LogP contribution in [-0.2, 0) is 9.59 Å². The zero-order valence-electron chi connectivity index (χ0n) is 22.1. The molecule has 9 nitrogen and oxygen atoms in total. The second kappa shape index (κ2) is 10.9. The van der Waals surface area contributed by atoms with Crippen molar-refractivity contribution < 1.29 is 38.0 Å². The highest BCUT2D eigenvalue weighted by Gasteiger charge is 2.48. The minimum absolute atomic E-state index is 0.158. The SMILES string of the molecule is CCOc1ccc(/C(O)=C2\C(=O)C(=O)N(c3nc4ccc(F)cc4s3)[C@@H]2c2cc(OC)c(OC)c(OC)c2)cc1. The van der Waals surface area contributed by atoms with E-state index in [1.54, 1.807) is 36.4 Å². The summed E-state index contributed by atoms with van der Waals surface area (Å²) in [5.41, 5.74) is 1.00. The third-order valence-corrected chi connectivity index (χ3v) is 7.45. The van der Waals surface area contributed by atoms with Crippen molar-refractivity contribution in [1.82, 2.24) is 4.98 Å². The van der Waals surface area contributed by atoms with Crippen LogP contribution in [-0.4, -0.2) is 49.7 Å². The van der Waals surface area contributed by atoms with Gasteiger partial charge in [0.05, 0.1) is 49.8 Å². The second-order valence-electron chi connectivity index (χ2n) is 8.69. The van der Waals surface area contributed by atoms with Gasteiger partial charge in [-0.3, -0.25) is 14.5 Å². The zero-order chi connectivity index (χ0) is 28.6. The van der Waals surface area contributed by atoms with Gasteiger partial charge >= 0.3 is 5.91 Å². The molecule has 1 aliphatic rings. The summed E-state index contributed by atoms with van der Waals surface area (Å²) in [7, 11) is 4.35. The number of aliphatic hydroxyl groups excluding tert-OH is 1. The Bertz CT molecular complexity index is 1620. The first-order valence-electron chi connectivity index (χ1n) is 12.2. The van der Waals surface area contributed by atoms with Gasteiger partial charge in [-0.15, -0.1) is 0 Å². The van der Waals surface area contributed by atoms with Gasteiger partial charge in [0.2, 0.25) is 5.75 Å². The molecule has 1 amide bonds. The van der Waals surface area contributed by atoms with Crippen molar-refractivity contribution in [2.75, 3.05) is 32.8 Å². The molecule has 206 valence electrons. The fraction of sp³-hybridized carbons (Fsp3) is 0.207. The minimum atomic E-state index is -1.12. The number of halogens is 1. The van der Waals surface area contributed by atoms with Crippen LogP contribution in [0, 0.1) is 5.82 Å². The van der Waals surface area contributed by atoms with Gasteiger partial charge in [-0.1, -0.05) is 11.3 Å². The maximum absolute atomic E-state index is 13.9. The maximum Gasteiger partial charge on any atom is 0.301 e. The maximum atomic E-state index is 13.9. The summed E-state index contributed by atoms with van der Waals surface area (Å²) in [6, 6.07) is 12.7. The van der Waals surface area contributed by atoms with Gasteiger partial charge in [0.15, 0.2) is 16.6 Å². The summed E-state index contributed by atoms with van der Waals surface area (Å²) >= 11 is 1.05. The first-order valence-corrected chi connectivity index (χ1v) is 13.0. The number of Topliss-reactive ketones (excluding diaryl/α,β-unsaturated/α-hetero) is 1. The number of hydrogen-bond donors (Lipinski definition) is 1. The van der Waals surface area contributed by atoms with Gasteiger partial charge in [-0.25, -0.2) is 9.37 Å². The smallest absolute Gasteiger partial charge is 0.301 e. The van der Waals surface area contributed by atoms with Gasteiger partial charge in [0.1, 0.15) is 17.3 Å². The fourth-order valence-electron chi connectivity index (χ4n) is 4.62. The van der Waals surface area contributed by atoms with Crippen molar-refractivity contribution in [1.29, 1.82) is 0 Å². The Morgan fingerprint density at radius 1 is 1.00 bits per heavy atom. The number of amides is 1. The Hall–Kier alpha value is -4.64. The fourth-order valence-corrected chi connectivity index (χ4v) is 5.64. The summed E-state index contributed by atoms with van der Waals surface area (Å²) in [5.74, 6) is -1.17. The van der Waals surface area contributed by atoms with Crippen LogP contribution in [0.2, 0.25) is 0 Å². The molecule has 11 heteroatoms. The molecule has 2 heterocycles. The molecular weight excluding hydrogens is 539 g/mol. The standard InChI is InChI=1S/C29H25FN2O7S/c1-5-39-18-9-6-15(7-10-18)25(33)23-24(16-12-20(36-2)27(38-4)21(13-16)37-3)32(28(35)26(23)34)29-31-19-11-8-17(30)14-22(19)40-29/h6-14,24,33H,5H2,1-4H3/b25-23+/t24-/m1/s1. The van der Waals surface area contributed by atoms with Crippen LogP contribution in [0.1, 0.15) is 24.1 Å². The first-order chi connectivity index (χ1) is 19.3. The summed E-state index contributed by atoms with van der Waals surface area (Å²) < 4.78 is 36.4. The van der Waals surface area contributed by atoms with E-state index in [1.807, 2.05) is 6.92 Å². The molecule has 1 saturated heterocycles. The summed E-state index contributed by atoms with van der Waals surface area (Å²) in [6.07, 6.45) is 0. The molecule has 0 aliphatic carbocycles. The van der Waals surface area contributed by atoms with Crippen molar-refractivity contribution in [3.8, 4) is 23.0 Å². The molecule has 4 aromatic rings. The number of thiazole rings is 1. The van der Waals surface area contributed by atoms with Crippen LogP contribution in [0.4, 0.5) is 9.52 Å². The molecule has 40 heavy (non-hydrogen) atoms. The van der Waals surface area contributed by atoms with Gasteiger partial charge in [0.25, 0.3) is 5.78 Å². The number of fused-ring (bicyclic) bond motifs is 1. The van der Waals surface area contributed by atoms with Crippen LogP contribution in [0.15, 0.2) is 60.2 Å². The van der Waals surface area contributed by atoms with E-state index in [1.165, 1.54) is 44.4 Å². The molecule has 0 saturated carbocycles. The van der Waals surface area contributed by atoms with Crippen molar-refractivity contribution in [2.45, 2.75) is 13.0 Å². The van der Waals surface area contributed by atoms with Crippen LogP contribution in [0.3, 0.4) is 0 Å². The lowest BCUT2D eigenvalue weighted by molar-refractivity contribution is -0.132. The molecular formula is C29H25FN2O7S. The molecule has 1 atom stereocenters. The lowest BCUT2D eigenvalue weighted by Gasteiger charge is -2.24. The summed E-state index contributed by atoms with van der Waals surface area (Å²) in [6.45, 7) is 2.31. The highest BCUT2D eigenvalue weighted by atomic mass is 32.1. The molecule has 3 aromatic carbocycles. The molecule has 0 spiro atoms. The molecule has 1 aliphatic heterocycles. The van der Waals surface area contributed by atoms with Gasteiger partial charge in [-0.05, 0) is 67.1 Å². The number of aromatic nitrogens is 1. The number of ketones is 1. The van der Waals surface area contributed by atoms with Gasteiger partial charge < -0.3 is 24.1 Å². The molecule has 1 N–H and O–H groups in total. The third kappa shape index (κ3) is 4.58. The van der Waals surface area contributed by atoms with E-state index >= 15 is 0 Å². The van der Waals surface area contributed by atoms with Crippen molar-refractivity contribution in [2.24, 2.45) is 0 Å². The van der Waals surface area contributed by atoms with Crippen LogP contribution in [0.5, 0.6) is 23.0 Å². The number of nitrogens with zero attached hydrogens (tertiary/aromatic N) is 2. The topological polar surface area (TPSA) is 107 Å². The van der Waals surface area contributed by atoms with Crippen LogP contribution >= 0.6 is 11.3 Å². The third-order valence-electron chi connectivity index (χ3n) is 6.43. The highest BCUT2D eigenvalue weighted by Crippen LogP contribution is 2.48. The Labute approximate surface area is 233 Å². The predicted octanol–water partition coefficient (Wildman–Crippen LogP) is 5.49. The lowest BCUT2D eigenvalue weighted by atomic mass is 9.94. The van der Waals surface area contributed by atoms with Crippen LogP contribution < -0.4 is 23.8 Å². The van der Waals surface area contributed by atoms with E-state index in [0.717, 1.165) is 11.3 Å². The molecule has 1 aromatic heterocycles. The second-order valence-corrected chi connectivity index (χ2v) is 9.70. The van der Waals surface area contributed by atoms with Gasteiger partial charge in [0, 0.05) is 5.56 Å². The van der Waals surface area contributed by atoms with E-state index < -0.39 is 23.5 Å².